The van der Waals surface area contributed by atoms with E-state index in [4.69, 9.17) is 11.6 Å². The molecule has 0 aliphatic carbocycles. The zero-order valence-electron chi connectivity index (χ0n) is 14.1. The Hall–Kier alpha value is -2.11. The number of nitrogens with zero attached hydrogens (tertiary/aromatic N) is 2. The zero-order chi connectivity index (χ0) is 17.8. The fourth-order valence-corrected chi connectivity index (χ4v) is 3.34. The van der Waals surface area contributed by atoms with E-state index in [9.17, 15) is 9.18 Å². The van der Waals surface area contributed by atoms with Crippen LogP contribution in [-0.4, -0.2) is 43.5 Å². The molecule has 0 aromatic heterocycles. The number of halogens is 2. The Morgan fingerprint density at radius 2 is 1.88 bits per heavy atom. The molecule has 0 atom stereocenters. The number of rotatable bonds is 4. The monoisotopic (exact) mass is 361 g/mol. The molecule has 1 fully saturated rings. The van der Waals surface area contributed by atoms with Gasteiger partial charge in [0, 0.05) is 31.7 Å². The van der Waals surface area contributed by atoms with Gasteiger partial charge in [0.05, 0.1) is 16.4 Å². The lowest BCUT2D eigenvalue weighted by Gasteiger charge is -2.36. The number of carbonyl (C=O) groups is 1. The van der Waals surface area contributed by atoms with Crippen LogP contribution >= 0.6 is 11.6 Å². The van der Waals surface area contributed by atoms with Gasteiger partial charge in [-0.1, -0.05) is 30.7 Å². The predicted molar refractivity (Wildman–Crippen MR) is 100 cm³/mol. The summed E-state index contributed by atoms with van der Waals surface area (Å²) in [6.07, 6.45) is 0. The smallest absolute Gasteiger partial charge is 0.255 e. The molecule has 132 valence electrons. The zero-order valence-corrected chi connectivity index (χ0v) is 14.9. The maximum atomic E-state index is 13.4. The highest BCUT2D eigenvalue weighted by Gasteiger charge is 2.21. The van der Waals surface area contributed by atoms with E-state index in [0.29, 0.717) is 10.7 Å². The molecule has 1 heterocycles. The predicted octanol–water partition coefficient (Wildman–Crippen LogP) is 3.87. The van der Waals surface area contributed by atoms with Gasteiger partial charge in [-0.15, -0.1) is 0 Å². The third-order valence-electron chi connectivity index (χ3n) is 4.46. The van der Waals surface area contributed by atoms with Crippen molar-refractivity contribution in [2.45, 2.75) is 6.92 Å². The first-order chi connectivity index (χ1) is 12.1. The molecule has 1 aliphatic rings. The Morgan fingerprint density at radius 1 is 1.16 bits per heavy atom. The van der Waals surface area contributed by atoms with Crippen LogP contribution in [0.1, 0.15) is 17.3 Å². The Kier molecular flexibility index (Phi) is 5.56. The summed E-state index contributed by atoms with van der Waals surface area (Å²) in [5.74, 6) is -0.787. The van der Waals surface area contributed by atoms with Crippen molar-refractivity contribution in [2.75, 3.05) is 42.9 Å². The Morgan fingerprint density at radius 3 is 2.56 bits per heavy atom. The number of para-hydroxylation sites is 1. The molecule has 4 nitrogen and oxygen atoms in total. The Bertz CT molecular complexity index is 760. The summed E-state index contributed by atoms with van der Waals surface area (Å²) in [6.45, 7) is 6.79. The van der Waals surface area contributed by atoms with E-state index in [2.05, 4.69) is 22.0 Å². The molecule has 25 heavy (non-hydrogen) atoms. The van der Waals surface area contributed by atoms with Gasteiger partial charge >= 0.3 is 0 Å². The molecule has 1 amide bonds. The number of carbonyl (C=O) groups excluding carboxylic acids is 1. The first-order valence-electron chi connectivity index (χ1n) is 8.41. The summed E-state index contributed by atoms with van der Waals surface area (Å²) in [5.41, 5.74) is 1.75. The molecule has 1 aliphatic heterocycles. The van der Waals surface area contributed by atoms with Crippen LogP contribution in [0.2, 0.25) is 5.02 Å². The van der Waals surface area contributed by atoms with Crippen LogP contribution in [0.5, 0.6) is 0 Å². The molecule has 0 saturated carbocycles. The van der Waals surface area contributed by atoms with Gasteiger partial charge in [-0.2, -0.15) is 0 Å². The second-order valence-corrected chi connectivity index (χ2v) is 6.43. The largest absolute Gasteiger partial charge is 0.366 e. The average molecular weight is 362 g/mol. The van der Waals surface area contributed by atoms with Gasteiger partial charge < -0.3 is 15.1 Å². The van der Waals surface area contributed by atoms with Gasteiger partial charge in [-0.25, -0.2) is 4.39 Å². The van der Waals surface area contributed by atoms with E-state index in [1.165, 1.54) is 18.2 Å². The molecular weight excluding hydrogens is 341 g/mol. The van der Waals surface area contributed by atoms with Crippen molar-refractivity contribution < 1.29 is 9.18 Å². The number of hydrogen-bond acceptors (Lipinski definition) is 3. The summed E-state index contributed by atoms with van der Waals surface area (Å²) in [7, 11) is 0. The number of anilines is 2. The molecule has 1 N–H and O–H groups in total. The van der Waals surface area contributed by atoms with Crippen molar-refractivity contribution >= 4 is 28.9 Å². The number of likely N-dealkylation sites (N-methyl/N-ethyl adjacent to an activating group) is 1. The normalized spacial score (nSPS) is 15.2. The minimum atomic E-state index is -0.436. The highest BCUT2D eigenvalue weighted by atomic mass is 35.5. The van der Waals surface area contributed by atoms with Crippen molar-refractivity contribution in [3.8, 4) is 0 Å². The van der Waals surface area contributed by atoms with Gasteiger partial charge in [-0.05, 0) is 36.9 Å². The molecule has 6 heteroatoms. The number of benzene rings is 2. The molecule has 3 rings (SSSR count). The Labute approximate surface area is 152 Å². The van der Waals surface area contributed by atoms with Gasteiger partial charge in [0.25, 0.3) is 5.91 Å². The SMILES string of the molecule is CCN1CCN(c2c(Cl)cccc2NC(=O)c2cccc(F)c2)CC1. The quantitative estimate of drug-likeness (QED) is 0.897. The summed E-state index contributed by atoms with van der Waals surface area (Å²) in [4.78, 5) is 17.0. The van der Waals surface area contributed by atoms with Crippen LogP contribution in [0.3, 0.4) is 0 Å². The summed E-state index contributed by atoms with van der Waals surface area (Å²) >= 11 is 6.42. The summed E-state index contributed by atoms with van der Waals surface area (Å²) in [6, 6.07) is 11.1. The molecule has 2 aromatic carbocycles. The van der Waals surface area contributed by atoms with Gasteiger partial charge in [0.15, 0.2) is 0 Å². The van der Waals surface area contributed by atoms with Crippen molar-refractivity contribution in [1.29, 1.82) is 0 Å². The molecular formula is C19H21ClFN3O. The van der Waals surface area contributed by atoms with Crippen molar-refractivity contribution in [3.63, 3.8) is 0 Å². The maximum Gasteiger partial charge on any atom is 0.255 e. The number of amides is 1. The van der Waals surface area contributed by atoms with E-state index in [-0.39, 0.29) is 11.5 Å². The summed E-state index contributed by atoms with van der Waals surface area (Å²) in [5, 5.41) is 3.47. The lowest BCUT2D eigenvalue weighted by Crippen LogP contribution is -2.46. The lowest BCUT2D eigenvalue weighted by atomic mass is 10.1. The maximum absolute atomic E-state index is 13.4. The standard InChI is InChI=1S/C19H21ClFN3O/c1-2-23-9-11-24(12-10-23)18-16(20)7-4-8-17(18)22-19(25)14-5-3-6-15(21)13-14/h3-8,13H,2,9-12H2,1H3,(H,22,25). The summed E-state index contributed by atoms with van der Waals surface area (Å²) < 4.78 is 13.4. The number of nitrogens with one attached hydrogen (secondary N) is 1. The van der Waals surface area contributed by atoms with E-state index < -0.39 is 5.82 Å². The third kappa shape index (κ3) is 4.11. The van der Waals surface area contributed by atoms with Gasteiger partial charge in [-0.3, -0.25) is 4.79 Å². The molecule has 0 spiro atoms. The highest BCUT2D eigenvalue weighted by Crippen LogP contribution is 2.34. The van der Waals surface area contributed by atoms with Crippen molar-refractivity contribution in [1.82, 2.24) is 4.90 Å². The average Bonchev–Trinajstić information content (AvgIpc) is 2.62. The van der Waals surface area contributed by atoms with Gasteiger partial charge in [0.2, 0.25) is 0 Å². The minimum Gasteiger partial charge on any atom is -0.366 e. The molecule has 0 bridgehead atoms. The second kappa shape index (κ2) is 7.85. The van der Waals surface area contributed by atoms with Crippen LogP contribution in [0, 0.1) is 5.82 Å². The topological polar surface area (TPSA) is 35.6 Å². The van der Waals surface area contributed by atoms with E-state index in [0.717, 1.165) is 38.4 Å². The fourth-order valence-electron chi connectivity index (χ4n) is 3.05. The first kappa shape index (κ1) is 17.7. The minimum absolute atomic E-state index is 0.279. The van der Waals surface area contributed by atoms with Crippen LogP contribution in [-0.2, 0) is 0 Å². The Balaban J connectivity index is 1.82. The number of hydrogen-bond donors (Lipinski definition) is 1. The van der Waals surface area contributed by atoms with E-state index in [1.807, 2.05) is 12.1 Å². The first-order valence-corrected chi connectivity index (χ1v) is 8.79. The third-order valence-corrected chi connectivity index (χ3v) is 4.76. The molecule has 0 radical (unpaired) electrons. The second-order valence-electron chi connectivity index (χ2n) is 6.02. The van der Waals surface area contributed by atoms with Crippen molar-refractivity contribution in [3.05, 3.63) is 58.9 Å². The van der Waals surface area contributed by atoms with Crippen LogP contribution in [0.15, 0.2) is 42.5 Å². The molecule has 1 saturated heterocycles. The number of piperazine rings is 1. The van der Waals surface area contributed by atoms with Gasteiger partial charge in [0.1, 0.15) is 5.82 Å². The van der Waals surface area contributed by atoms with Crippen molar-refractivity contribution in [2.24, 2.45) is 0 Å². The molecule has 2 aromatic rings. The molecule has 0 unspecified atom stereocenters. The van der Waals surface area contributed by atoms with E-state index in [1.54, 1.807) is 12.1 Å². The van der Waals surface area contributed by atoms with Crippen LogP contribution in [0.4, 0.5) is 15.8 Å². The van der Waals surface area contributed by atoms with Crippen LogP contribution in [0.25, 0.3) is 0 Å². The lowest BCUT2D eigenvalue weighted by molar-refractivity contribution is 0.102. The van der Waals surface area contributed by atoms with E-state index >= 15 is 0 Å². The van der Waals surface area contributed by atoms with Crippen LogP contribution < -0.4 is 10.2 Å². The highest BCUT2D eigenvalue weighted by molar-refractivity contribution is 6.34. The fraction of sp³-hybridized carbons (Fsp3) is 0.316.